The van der Waals surface area contributed by atoms with Crippen molar-refractivity contribution >= 4 is 34.7 Å². The lowest BCUT2D eigenvalue weighted by Crippen LogP contribution is -2.11. The Hall–Kier alpha value is -1.46. The largest absolute Gasteiger partial charge is 0.320 e. The molecule has 0 radical (unpaired) electrons. The van der Waals surface area contributed by atoms with E-state index in [-0.39, 0.29) is 5.91 Å². The van der Waals surface area contributed by atoms with Gasteiger partial charge in [0, 0.05) is 11.6 Å². The van der Waals surface area contributed by atoms with Crippen LogP contribution in [0.3, 0.4) is 0 Å². The summed E-state index contributed by atoms with van der Waals surface area (Å²) < 4.78 is 3.87. The Morgan fingerprint density at radius 3 is 2.87 bits per heavy atom. The van der Waals surface area contributed by atoms with Crippen molar-refractivity contribution in [3.63, 3.8) is 0 Å². The number of amides is 1. The van der Waals surface area contributed by atoms with Gasteiger partial charge < -0.3 is 5.32 Å². The van der Waals surface area contributed by atoms with Crippen LogP contribution in [0, 0.1) is 0 Å². The average Bonchev–Trinajstić information content (AvgIpc) is 2.71. The minimum atomic E-state index is -0.223. The van der Waals surface area contributed by atoms with Crippen molar-refractivity contribution < 1.29 is 4.79 Å². The minimum absolute atomic E-state index is 0.223. The Kier molecular flexibility index (Phi) is 2.94. The van der Waals surface area contributed by atoms with E-state index in [9.17, 15) is 4.79 Å². The summed E-state index contributed by atoms with van der Waals surface area (Å²) in [4.78, 5) is 15.4. The summed E-state index contributed by atoms with van der Waals surface area (Å²) in [5.41, 5.74) is 1.14. The highest BCUT2D eigenvalue weighted by atomic mass is 35.5. The van der Waals surface area contributed by atoms with E-state index in [1.807, 2.05) is 0 Å². The highest BCUT2D eigenvalue weighted by Crippen LogP contribution is 2.11. The SMILES string of the molecule is O=C(Nc1cnsc1)c1ccc(Cl)nc1. The molecule has 2 aromatic rings. The first kappa shape index (κ1) is 10.1. The van der Waals surface area contributed by atoms with E-state index >= 15 is 0 Å². The number of carbonyl (C=O) groups excluding carboxylic acids is 1. The smallest absolute Gasteiger partial charge is 0.257 e. The van der Waals surface area contributed by atoms with E-state index in [4.69, 9.17) is 11.6 Å². The molecule has 0 aromatic carbocycles. The molecule has 0 aliphatic rings. The number of pyridine rings is 1. The molecular weight excluding hydrogens is 234 g/mol. The molecule has 0 fully saturated rings. The third-order valence-corrected chi connectivity index (χ3v) is 2.49. The first-order valence-electron chi connectivity index (χ1n) is 4.08. The Morgan fingerprint density at radius 2 is 2.27 bits per heavy atom. The molecule has 15 heavy (non-hydrogen) atoms. The monoisotopic (exact) mass is 239 g/mol. The molecule has 1 N–H and O–H groups in total. The fourth-order valence-electron chi connectivity index (χ4n) is 0.980. The molecule has 1 amide bonds. The van der Waals surface area contributed by atoms with Crippen molar-refractivity contribution in [1.82, 2.24) is 9.36 Å². The van der Waals surface area contributed by atoms with Gasteiger partial charge in [0.05, 0.1) is 17.4 Å². The Morgan fingerprint density at radius 1 is 1.40 bits per heavy atom. The molecule has 2 rings (SSSR count). The molecule has 2 heterocycles. The van der Waals surface area contributed by atoms with Crippen molar-refractivity contribution in [2.75, 3.05) is 5.32 Å². The summed E-state index contributed by atoms with van der Waals surface area (Å²) in [6, 6.07) is 3.19. The molecule has 0 saturated carbocycles. The summed E-state index contributed by atoms with van der Waals surface area (Å²) in [5.74, 6) is -0.223. The van der Waals surface area contributed by atoms with E-state index in [0.717, 1.165) is 0 Å². The Labute approximate surface area is 95.1 Å². The van der Waals surface area contributed by atoms with Crippen LogP contribution in [-0.4, -0.2) is 15.3 Å². The second-order valence-corrected chi connectivity index (χ2v) is 3.78. The van der Waals surface area contributed by atoms with Gasteiger partial charge in [-0.3, -0.25) is 4.79 Å². The number of aromatic nitrogens is 2. The molecule has 4 nitrogen and oxygen atoms in total. The maximum absolute atomic E-state index is 11.6. The lowest BCUT2D eigenvalue weighted by atomic mass is 10.2. The first-order valence-corrected chi connectivity index (χ1v) is 5.29. The summed E-state index contributed by atoms with van der Waals surface area (Å²) >= 11 is 6.89. The second kappa shape index (κ2) is 4.37. The number of rotatable bonds is 2. The second-order valence-electron chi connectivity index (χ2n) is 2.74. The predicted molar refractivity (Wildman–Crippen MR) is 59.3 cm³/mol. The quantitative estimate of drug-likeness (QED) is 0.819. The number of hydrogen-bond acceptors (Lipinski definition) is 4. The summed E-state index contributed by atoms with van der Waals surface area (Å²) in [7, 11) is 0. The first-order chi connectivity index (χ1) is 7.25. The third kappa shape index (κ3) is 2.51. The zero-order valence-electron chi connectivity index (χ0n) is 7.48. The third-order valence-electron chi connectivity index (χ3n) is 1.68. The van der Waals surface area contributed by atoms with E-state index in [1.165, 1.54) is 17.7 Å². The van der Waals surface area contributed by atoms with Crippen LogP contribution in [0.15, 0.2) is 29.9 Å². The average molecular weight is 240 g/mol. The van der Waals surface area contributed by atoms with Gasteiger partial charge in [-0.1, -0.05) is 11.6 Å². The normalized spacial score (nSPS) is 9.93. The molecule has 0 saturated heterocycles. The van der Waals surface area contributed by atoms with Crippen molar-refractivity contribution in [2.45, 2.75) is 0 Å². The summed E-state index contributed by atoms with van der Waals surface area (Å²) in [5, 5.41) is 4.80. The number of nitrogens with one attached hydrogen (secondary N) is 1. The minimum Gasteiger partial charge on any atom is -0.320 e. The van der Waals surface area contributed by atoms with E-state index < -0.39 is 0 Å². The number of anilines is 1. The predicted octanol–water partition coefficient (Wildman–Crippen LogP) is 2.44. The Bertz CT molecular complexity index is 455. The van der Waals surface area contributed by atoms with Gasteiger partial charge in [0.1, 0.15) is 5.15 Å². The van der Waals surface area contributed by atoms with Crippen LogP contribution in [-0.2, 0) is 0 Å². The zero-order chi connectivity index (χ0) is 10.7. The highest BCUT2D eigenvalue weighted by Gasteiger charge is 2.06. The van der Waals surface area contributed by atoms with E-state index in [2.05, 4.69) is 14.7 Å². The van der Waals surface area contributed by atoms with Crippen LogP contribution in [0.25, 0.3) is 0 Å². The molecule has 0 atom stereocenters. The molecule has 2 aromatic heterocycles. The fraction of sp³-hybridized carbons (Fsp3) is 0. The van der Waals surface area contributed by atoms with Gasteiger partial charge in [0.25, 0.3) is 5.91 Å². The maximum atomic E-state index is 11.6. The highest BCUT2D eigenvalue weighted by molar-refractivity contribution is 7.04. The number of carbonyl (C=O) groups is 1. The molecule has 0 aliphatic heterocycles. The standard InChI is InChI=1S/C9H6ClN3OS/c10-8-2-1-6(3-11-8)9(14)13-7-4-12-15-5-7/h1-5H,(H,13,14). The fourth-order valence-corrected chi connectivity index (χ4v) is 1.56. The van der Waals surface area contributed by atoms with Gasteiger partial charge >= 0.3 is 0 Å². The molecule has 0 bridgehead atoms. The lowest BCUT2D eigenvalue weighted by Gasteiger charge is -2.01. The van der Waals surface area contributed by atoms with Gasteiger partial charge in [0.15, 0.2) is 0 Å². The lowest BCUT2D eigenvalue weighted by molar-refractivity contribution is 0.102. The van der Waals surface area contributed by atoms with Gasteiger partial charge in [-0.2, -0.15) is 4.37 Å². The number of hydrogen-bond donors (Lipinski definition) is 1. The van der Waals surface area contributed by atoms with Crippen LogP contribution in [0.5, 0.6) is 0 Å². The van der Waals surface area contributed by atoms with E-state index in [1.54, 1.807) is 23.7 Å². The summed E-state index contributed by atoms with van der Waals surface area (Å²) in [6.45, 7) is 0. The molecule has 0 spiro atoms. The number of nitrogens with zero attached hydrogens (tertiary/aromatic N) is 2. The van der Waals surface area contributed by atoms with Crippen molar-refractivity contribution in [2.24, 2.45) is 0 Å². The van der Waals surface area contributed by atoms with Crippen LogP contribution in [0.4, 0.5) is 5.69 Å². The van der Waals surface area contributed by atoms with Crippen LogP contribution in [0.1, 0.15) is 10.4 Å². The van der Waals surface area contributed by atoms with E-state index in [0.29, 0.717) is 16.4 Å². The maximum Gasteiger partial charge on any atom is 0.257 e. The zero-order valence-corrected chi connectivity index (χ0v) is 9.05. The van der Waals surface area contributed by atoms with Crippen LogP contribution < -0.4 is 5.32 Å². The number of halogens is 1. The van der Waals surface area contributed by atoms with Crippen molar-refractivity contribution in [3.8, 4) is 0 Å². The van der Waals surface area contributed by atoms with Crippen LogP contribution >= 0.6 is 23.1 Å². The molecule has 6 heteroatoms. The van der Waals surface area contributed by atoms with Crippen molar-refractivity contribution in [3.05, 3.63) is 40.6 Å². The van der Waals surface area contributed by atoms with Gasteiger partial charge in [-0.05, 0) is 23.7 Å². The molecular formula is C9H6ClN3OS. The van der Waals surface area contributed by atoms with Crippen molar-refractivity contribution in [1.29, 1.82) is 0 Å². The summed E-state index contributed by atoms with van der Waals surface area (Å²) in [6.07, 6.45) is 3.02. The van der Waals surface area contributed by atoms with Gasteiger partial charge in [0.2, 0.25) is 0 Å². The van der Waals surface area contributed by atoms with Gasteiger partial charge in [-0.15, -0.1) is 0 Å². The van der Waals surface area contributed by atoms with Gasteiger partial charge in [-0.25, -0.2) is 4.98 Å². The molecule has 0 unspecified atom stereocenters. The van der Waals surface area contributed by atoms with Crippen LogP contribution in [0.2, 0.25) is 5.15 Å². The topological polar surface area (TPSA) is 54.9 Å². The molecule has 0 aliphatic carbocycles. The Balaban J connectivity index is 2.11. The molecule has 76 valence electrons.